The molecular formula is C17H36S3. The number of hydrogen-bond acceptors (Lipinski definition) is 3. The SMILES string of the molecule is SCCCCCCCCCCCCCCCCCSS. The van der Waals surface area contributed by atoms with Gasteiger partial charge in [-0.05, 0) is 18.6 Å². The highest BCUT2D eigenvalue weighted by Crippen LogP contribution is 2.14. The van der Waals surface area contributed by atoms with Gasteiger partial charge in [-0.25, -0.2) is 0 Å². The van der Waals surface area contributed by atoms with Crippen LogP contribution in [0.2, 0.25) is 0 Å². The van der Waals surface area contributed by atoms with Crippen LogP contribution in [0.1, 0.15) is 96.3 Å². The molecule has 0 aliphatic rings. The second-order valence-corrected chi connectivity index (χ2v) is 7.75. The summed E-state index contributed by atoms with van der Waals surface area (Å²) in [7, 11) is 1.68. The number of unbranched alkanes of at least 4 members (excludes halogenated alkanes) is 14. The second-order valence-electron chi connectivity index (χ2n) is 5.86. The van der Waals surface area contributed by atoms with Crippen molar-refractivity contribution < 1.29 is 0 Å². The molecule has 0 aromatic carbocycles. The normalized spacial score (nSPS) is 11.1. The van der Waals surface area contributed by atoms with Gasteiger partial charge in [0.05, 0.1) is 0 Å². The summed E-state index contributed by atoms with van der Waals surface area (Å²) in [6.07, 6.45) is 21.4. The lowest BCUT2D eigenvalue weighted by molar-refractivity contribution is 0.535. The van der Waals surface area contributed by atoms with E-state index in [2.05, 4.69) is 24.3 Å². The molecule has 3 heteroatoms. The molecule has 0 nitrogen and oxygen atoms in total. The summed E-state index contributed by atoms with van der Waals surface area (Å²) in [5.41, 5.74) is 0. The van der Waals surface area contributed by atoms with Gasteiger partial charge in [-0.3, -0.25) is 0 Å². The molecule has 0 unspecified atom stereocenters. The molecule has 20 heavy (non-hydrogen) atoms. The summed E-state index contributed by atoms with van der Waals surface area (Å²) in [4.78, 5) is 0. The predicted molar refractivity (Wildman–Crippen MR) is 105 cm³/mol. The van der Waals surface area contributed by atoms with Crippen molar-refractivity contribution in [3.63, 3.8) is 0 Å². The third kappa shape index (κ3) is 19.1. The van der Waals surface area contributed by atoms with E-state index < -0.39 is 0 Å². The summed E-state index contributed by atoms with van der Waals surface area (Å²) < 4.78 is 0. The smallest absolute Gasteiger partial charge is 0.00345 e. The molecule has 0 saturated carbocycles. The highest BCUT2D eigenvalue weighted by molar-refractivity contribution is 8.68. The van der Waals surface area contributed by atoms with Crippen molar-refractivity contribution in [3.05, 3.63) is 0 Å². The van der Waals surface area contributed by atoms with Gasteiger partial charge in [-0.2, -0.15) is 12.6 Å². The van der Waals surface area contributed by atoms with Gasteiger partial charge >= 0.3 is 0 Å². The average molecular weight is 337 g/mol. The molecule has 0 saturated heterocycles. The zero-order valence-electron chi connectivity index (χ0n) is 13.3. The lowest BCUT2D eigenvalue weighted by Crippen LogP contribution is -1.84. The molecule has 0 rings (SSSR count). The Morgan fingerprint density at radius 2 is 0.750 bits per heavy atom. The standard InChI is InChI=1S/C17H36S3/c18-16-14-12-10-8-6-4-2-1-3-5-7-9-11-13-15-17-20-19/h18-19H,1-17H2. The van der Waals surface area contributed by atoms with E-state index in [0.717, 1.165) is 5.75 Å². The van der Waals surface area contributed by atoms with Crippen LogP contribution in [0.5, 0.6) is 0 Å². The van der Waals surface area contributed by atoms with Gasteiger partial charge in [0, 0.05) is 5.75 Å². The van der Waals surface area contributed by atoms with E-state index in [-0.39, 0.29) is 0 Å². The lowest BCUT2D eigenvalue weighted by Gasteiger charge is -2.03. The van der Waals surface area contributed by atoms with Crippen LogP contribution in [0, 0.1) is 0 Å². The zero-order valence-corrected chi connectivity index (χ0v) is 15.9. The first-order chi connectivity index (χ1) is 9.91. The molecule has 0 aromatic heterocycles. The summed E-state index contributed by atoms with van der Waals surface area (Å²) >= 11 is 8.41. The first-order valence-corrected chi connectivity index (χ1v) is 11.5. The Hall–Kier alpha value is 1.05. The molecule has 0 aromatic rings. The third-order valence-corrected chi connectivity index (χ3v) is 5.23. The predicted octanol–water partition coefficient (Wildman–Crippen LogP) is 7.35. The largest absolute Gasteiger partial charge is 0.179 e. The van der Waals surface area contributed by atoms with Crippen molar-refractivity contribution in [2.24, 2.45) is 0 Å². The number of thiol groups is 2. The zero-order chi connectivity index (χ0) is 14.7. The van der Waals surface area contributed by atoms with Gasteiger partial charge in [0.1, 0.15) is 0 Å². The Balaban J connectivity index is 2.89. The fraction of sp³-hybridized carbons (Fsp3) is 1.00. The van der Waals surface area contributed by atoms with E-state index in [1.807, 2.05) is 0 Å². The quantitative estimate of drug-likeness (QED) is 0.159. The van der Waals surface area contributed by atoms with E-state index in [1.165, 1.54) is 102 Å². The van der Waals surface area contributed by atoms with Gasteiger partial charge in [0.25, 0.3) is 0 Å². The van der Waals surface area contributed by atoms with Crippen molar-refractivity contribution in [1.82, 2.24) is 0 Å². The van der Waals surface area contributed by atoms with E-state index in [4.69, 9.17) is 0 Å². The van der Waals surface area contributed by atoms with Gasteiger partial charge in [0.15, 0.2) is 0 Å². The summed E-state index contributed by atoms with van der Waals surface area (Å²) in [6.45, 7) is 0. The molecule has 0 bridgehead atoms. The van der Waals surface area contributed by atoms with Crippen molar-refractivity contribution >= 4 is 35.1 Å². The minimum Gasteiger partial charge on any atom is -0.179 e. The van der Waals surface area contributed by atoms with Gasteiger partial charge in [-0.1, -0.05) is 94.3 Å². The van der Waals surface area contributed by atoms with Crippen molar-refractivity contribution in [2.75, 3.05) is 11.5 Å². The maximum Gasteiger partial charge on any atom is 0.00345 e. The van der Waals surface area contributed by atoms with Crippen molar-refractivity contribution in [2.45, 2.75) is 96.3 Å². The molecule has 0 heterocycles. The Morgan fingerprint density at radius 3 is 1.05 bits per heavy atom. The highest BCUT2D eigenvalue weighted by atomic mass is 33.1. The van der Waals surface area contributed by atoms with Gasteiger partial charge in [-0.15, -0.1) is 11.7 Å². The minimum absolute atomic E-state index is 1.06. The molecular weight excluding hydrogens is 300 g/mol. The van der Waals surface area contributed by atoms with Crippen molar-refractivity contribution in [1.29, 1.82) is 0 Å². The highest BCUT2D eigenvalue weighted by Gasteiger charge is 1.94. The Labute approximate surface area is 142 Å². The fourth-order valence-corrected chi connectivity index (χ4v) is 3.52. The summed E-state index contributed by atoms with van der Waals surface area (Å²) in [5, 5.41) is 0. The van der Waals surface area contributed by atoms with E-state index in [9.17, 15) is 0 Å². The fourth-order valence-electron chi connectivity index (χ4n) is 2.58. The monoisotopic (exact) mass is 336 g/mol. The van der Waals surface area contributed by atoms with E-state index >= 15 is 0 Å². The number of hydrogen-bond donors (Lipinski definition) is 2. The molecule has 0 spiro atoms. The lowest BCUT2D eigenvalue weighted by atomic mass is 10.0. The van der Waals surface area contributed by atoms with Crippen LogP contribution in [0.4, 0.5) is 0 Å². The van der Waals surface area contributed by atoms with Crippen LogP contribution in [0.3, 0.4) is 0 Å². The molecule has 0 fully saturated rings. The Kier molecular flexibility index (Phi) is 21.1. The van der Waals surface area contributed by atoms with Crippen LogP contribution < -0.4 is 0 Å². The first kappa shape index (κ1) is 21.0. The van der Waals surface area contributed by atoms with Gasteiger partial charge in [0.2, 0.25) is 0 Å². The van der Waals surface area contributed by atoms with Crippen LogP contribution in [-0.4, -0.2) is 11.5 Å². The minimum atomic E-state index is 1.06. The van der Waals surface area contributed by atoms with E-state index in [1.54, 1.807) is 10.8 Å². The van der Waals surface area contributed by atoms with Crippen LogP contribution >= 0.6 is 35.1 Å². The number of rotatable bonds is 17. The molecule has 0 N–H and O–H groups in total. The molecule has 0 amide bonds. The Bertz CT molecular complexity index is 144. The molecule has 122 valence electrons. The summed E-state index contributed by atoms with van der Waals surface area (Å²) in [5.74, 6) is 2.28. The maximum absolute atomic E-state index is 4.24. The maximum atomic E-state index is 4.24. The molecule has 0 aliphatic heterocycles. The Morgan fingerprint density at radius 1 is 0.450 bits per heavy atom. The van der Waals surface area contributed by atoms with Crippen LogP contribution in [0.15, 0.2) is 0 Å². The molecule has 0 radical (unpaired) electrons. The second kappa shape index (κ2) is 20.1. The van der Waals surface area contributed by atoms with Crippen LogP contribution in [0.25, 0.3) is 0 Å². The molecule has 0 atom stereocenters. The first-order valence-electron chi connectivity index (χ1n) is 8.79. The van der Waals surface area contributed by atoms with Crippen molar-refractivity contribution in [3.8, 4) is 0 Å². The topological polar surface area (TPSA) is 0 Å². The summed E-state index contributed by atoms with van der Waals surface area (Å²) in [6, 6.07) is 0. The van der Waals surface area contributed by atoms with Crippen LogP contribution in [-0.2, 0) is 0 Å². The van der Waals surface area contributed by atoms with E-state index in [0.29, 0.717) is 0 Å². The third-order valence-electron chi connectivity index (χ3n) is 3.89. The average Bonchev–Trinajstić information content (AvgIpc) is 2.47. The molecule has 0 aliphatic carbocycles. The van der Waals surface area contributed by atoms with Gasteiger partial charge < -0.3 is 0 Å².